The van der Waals surface area contributed by atoms with E-state index in [-0.39, 0.29) is 0 Å². The summed E-state index contributed by atoms with van der Waals surface area (Å²) in [7, 11) is 4.17. The fourth-order valence-corrected chi connectivity index (χ4v) is 3.76. The molecule has 1 aliphatic carbocycles. The number of nitrogens with one attached hydrogen (secondary N) is 1. The van der Waals surface area contributed by atoms with Crippen molar-refractivity contribution in [2.24, 2.45) is 24.3 Å². The monoisotopic (exact) mass is 277 g/mol. The Morgan fingerprint density at radius 3 is 2.75 bits per heavy atom. The topological polar surface area (TPSA) is 29.9 Å². The van der Waals surface area contributed by atoms with E-state index in [0.717, 1.165) is 24.8 Å². The molecule has 2 unspecified atom stereocenters. The van der Waals surface area contributed by atoms with Gasteiger partial charge in [0, 0.05) is 12.7 Å². The summed E-state index contributed by atoms with van der Waals surface area (Å²) < 4.78 is 2.09. The van der Waals surface area contributed by atoms with E-state index in [1.54, 1.807) is 0 Å². The van der Waals surface area contributed by atoms with Gasteiger partial charge in [-0.05, 0) is 69.0 Å². The zero-order chi connectivity index (χ0) is 14.8. The number of nitrogens with zero attached hydrogens (tertiary/aromatic N) is 2. The predicted octanol–water partition coefficient (Wildman–Crippen LogP) is 3.19. The van der Waals surface area contributed by atoms with Crippen molar-refractivity contribution in [1.82, 2.24) is 15.1 Å². The third-order valence-electron chi connectivity index (χ3n) is 5.00. The van der Waals surface area contributed by atoms with Gasteiger partial charge in [-0.1, -0.05) is 20.8 Å². The Labute approximate surface area is 124 Å². The van der Waals surface area contributed by atoms with Gasteiger partial charge in [-0.3, -0.25) is 4.68 Å². The molecule has 20 heavy (non-hydrogen) atoms. The van der Waals surface area contributed by atoms with Crippen LogP contribution in [-0.4, -0.2) is 23.4 Å². The molecule has 1 N–H and O–H groups in total. The summed E-state index contributed by atoms with van der Waals surface area (Å²) in [6.07, 6.45) is 6.27. The Balaban J connectivity index is 2.11. The van der Waals surface area contributed by atoms with Crippen molar-refractivity contribution in [3.8, 4) is 0 Å². The maximum absolute atomic E-state index is 4.60. The standard InChI is InChI=1S/C17H31N3/c1-6-15-10-16(20(5)19-15)9-14-11-17(2,3)8-7-13(14)12-18-4/h10,13-14,18H,6-9,11-12H2,1-5H3. The summed E-state index contributed by atoms with van der Waals surface area (Å²) in [6, 6.07) is 2.30. The number of aromatic nitrogens is 2. The van der Waals surface area contributed by atoms with Crippen molar-refractivity contribution in [2.45, 2.75) is 52.9 Å². The lowest BCUT2D eigenvalue weighted by Gasteiger charge is -2.41. The zero-order valence-electron chi connectivity index (χ0n) is 13.9. The smallest absolute Gasteiger partial charge is 0.0624 e. The molecular formula is C17H31N3. The molecule has 0 radical (unpaired) electrons. The van der Waals surface area contributed by atoms with Crippen molar-refractivity contribution in [3.63, 3.8) is 0 Å². The second-order valence-electron chi connectivity index (χ2n) is 7.29. The normalized spacial score (nSPS) is 25.9. The second kappa shape index (κ2) is 6.30. The van der Waals surface area contributed by atoms with Gasteiger partial charge in [0.15, 0.2) is 0 Å². The zero-order valence-corrected chi connectivity index (χ0v) is 13.9. The summed E-state index contributed by atoms with van der Waals surface area (Å²) in [5, 5.41) is 7.99. The highest BCUT2D eigenvalue weighted by atomic mass is 15.3. The molecule has 1 fully saturated rings. The molecule has 0 saturated heterocycles. The van der Waals surface area contributed by atoms with Crippen LogP contribution in [0.15, 0.2) is 6.07 Å². The van der Waals surface area contributed by atoms with E-state index in [2.05, 4.69) is 56.0 Å². The summed E-state index contributed by atoms with van der Waals surface area (Å²) in [6.45, 7) is 8.19. The maximum atomic E-state index is 4.60. The molecule has 1 aliphatic rings. The molecule has 1 saturated carbocycles. The average molecular weight is 277 g/mol. The summed E-state index contributed by atoms with van der Waals surface area (Å²) in [5.74, 6) is 1.60. The van der Waals surface area contributed by atoms with Crippen molar-refractivity contribution < 1.29 is 0 Å². The molecule has 0 bridgehead atoms. The van der Waals surface area contributed by atoms with Gasteiger partial charge in [-0.15, -0.1) is 0 Å². The first-order chi connectivity index (χ1) is 9.45. The maximum Gasteiger partial charge on any atom is 0.0624 e. The van der Waals surface area contributed by atoms with Gasteiger partial charge in [-0.2, -0.15) is 5.10 Å². The van der Waals surface area contributed by atoms with Crippen LogP contribution in [0.1, 0.15) is 51.4 Å². The van der Waals surface area contributed by atoms with E-state index in [1.807, 2.05) is 0 Å². The van der Waals surface area contributed by atoms with Crippen molar-refractivity contribution in [2.75, 3.05) is 13.6 Å². The molecule has 0 spiro atoms. The number of hydrogen-bond donors (Lipinski definition) is 1. The van der Waals surface area contributed by atoms with Gasteiger partial charge in [0.25, 0.3) is 0 Å². The first-order valence-corrected chi connectivity index (χ1v) is 8.11. The molecule has 1 aromatic heterocycles. The molecule has 2 atom stereocenters. The number of rotatable bonds is 5. The summed E-state index contributed by atoms with van der Waals surface area (Å²) in [4.78, 5) is 0. The fraction of sp³-hybridized carbons (Fsp3) is 0.824. The van der Waals surface area contributed by atoms with Crippen LogP contribution in [0.5, 0.6) is 0 Å². The van der Waals surface area contributed by atoms with Crippen LogP contribution in [0.25, 0.3) is 0 Å². The van der Waals surface area contributed by atoms with E-state index in [4.69, 9.17) is 0 Å². The Morgan fingerprint density at radius 1 is 1.40 bits per heavy atom. The highest BCUT2D eigenvalue weighted by Gasteiger charge is 2.34. The molecular weight excluding hydrogens is 246 g/mol. The van der Waals surface area contributed by atoms with Gasteiger partial charge in [0.05, 0.1) is 5.69 Å². The van der Waals surface area contributed by atoms with Gasteiger partial charge in [0.1, 0.15) is 0 Å². The number of hydrogen-bond acceptors (Lipinski definition) is 2. The molecule has 0 amide bonds. The average Bonchev–Trinajstić information content (AvgIpc) is 2.73. The summed E-state index contributed by atoms with van der Waals surface area (Å²) in [5.41, 5.74) is 3.13. The van der Waals surface area contributed by atoms with Crippen LogP contribution in [-0.2, 0) is 19.9 Å². The second-order valence-corrected chi connectivity index (χ2v) is 7.29. The van der Waals surface area contributed by atoms with Crippen LogP contribution in [0, 0.1) is 17.3 Å². The van der Waals surface area contributed by atoms with E-state index < -0.39 is 0 Å². The SMILES string of the molecule is CCc1cc(CC2CC(C)(C)CCC2CNC)n(C)n1. The van der Waals surface area contributed by atoms with Crippen LogP contribution < -0.4 is 5.32 Å². The van der Waals surface area contributed by atoms with E-state index in [9.17, 15) is 0 Å². The molecule has 114 valence electrons. The lowest BCUT2D eigenvalue weighted by atomic mass is 9.66. The van der Waals surface area contributed by atoms with E-state index >= 15 is 0 Å². The Bertz CT molecular complexity index is 433. The Hall–Kier alpha value is -0.830. The minimum atomic E-state index is 0.501. The molecule has 3 nitrogen and oxygen atoms in total. The molecule has 0 aromatic carbocycles. The van der Waals surface area contributed by atoms with Gasteiger partial charge < -0.3 is 5.32 Å². The fourth-order valence-electron chi connectivity index (χ4n) is 3.76. The summed E-state index contributed by atoms with van der Waals surface area (Å²) >= 11 is 0. The first kappa shape index (κ1) is 15.6. The Kier molecular flexibility index (Phi) is 4.90. The Morgan fingerprint density at radius 2 is 2.15 bits per heavy atom. The highest BCUT2D eigenvalue weighted by molar-refractivity contribution is 5.11. The minimum absolute atomic E-state index is 0.501. The van der Waals surface area contributed by atoms with E-state index in [1.165, 1.54) is 37.1 Å². The lowest BCUT2D eigenvalue weighted by molar-refractivity contribution is 0.116. The van der Waals surface area contributed by atoms with Gasteiger partial charge in [-0.25, -0.2) is 0 Å². The number of aryl methyl sites for hydroxylation is 2. The minimum Gasteiger partial charge on any atom is -0.319 e. The van der Waals surface area contributed by atoms with Crippen LogP contribution in [0.3, 0.4) is 0 Å². The van der Waals surface area contributed by atoms with Crippen molar-refractivity contribution in [3.05, 3.63) is 17.5 Å². The molecule has 1 aromatic rings. The van der Waals surface area contributed by atoms with Gasteiger partial charge >= 0.3 is 0 Å². The van der Waals surface area contributed by atoms with E-state index in [0.29, 0.717) is 5.41 Å². The van der Waals surface area contributed by atoms with Crippen LogP contribution >= 0.6 is 0 Å². The largest absolute Gasteiger partial charge is 0.319 e. The van der Waals surface area contributed by atoms with Crippen molar-refractivity contribution >= 4 is 0 Å². The first-order valence-electron chi connectivity index (χ1n) is 8.11. The molecule has 0 aliphatic heterocycles. The quantitative estimate of drug-likeness (QED) is 0.896. The predicted molar refractivity (Wildman–Crippen MR) is 84.8 cm³/mol. The van der Waals surface area contributed by atoms with Crippen LogP contribution in [0.2, 0.25) is 0 Å². The van der Waals surface area contributed by atoms with Crippen molar-refractivity contribution in [1.29, 1.82) is 0 Å². The lowest BCUT2D eigenvalue weighted by Crippen LogP contribution is -2.36. The molecule has 1 heterocycles. The molecule has 2 rings (SSSR count). The molecule has 3 heteroatoms. The third kappa shape index (κ3) is 3.63. The highest BCUT2D eigenvalue weighted by Crippen LogP contribution is 2.42. The van der Waals surface area contributed by atoms with Crippen LogP contribution in [0.4, 0.5) is 0 Å². The third-order valence-corrected chi connectivity index (χ3v) is 5.00. The van der Waals surface area contributed by atoms with Gasteiger partial charge in [0.2, 0.25) is 0 Å².